The molecule has 0 amide bonds. The third kappa shape index (κ3) is 2.68. The predicted molar refractivity (Wildman–Crippen MR) is 47.8 cm³/mol. The van der Waals surface area contributed by atoms with Crippen molar-refractivity contribution in [3.05, 3.63) is 11.6 Å². The quantitative estimate of drug-likeness (QED) is 0.476. The van der Waals surface area contributed by atoms with Gasteiger partial charge < -0.3 is 4.74 Å². The number of allylic oxidation sites excluding steroid dienone is 1. The van der Waals surface area contributed by atoms with E-state index in [4.69, 9.17) is 4.74 Å². The first-order valence-corrected chi connectivity index (χ1v) is 4.63. The van der Waals surface area contributed by atoms with Crippen LogP contribution in [0.2, 0.25) is 0 Å². The van der Waals surface area contributed by atoms with Gasteiger partial charge in [0, 0.05) is 6.42 Å². The standard InChI is InChI=1S/C10H16O2/c1-2-4-9-5-3-6-10(7-9)12-8-11/h5,8,10H,2-4,6-7H2,1H3. The van der Waals surface area contributed by atoms with Gasteiger partial charge in [-0.2, -0.15) is 0 Å². The van der Waals surface area contributed by atoms with Gasteiger partial charge in [0.05, 0.1) is 0 Å². The molecule has 2 heteroatoms. The molecular formula is C10H16O2. The second-order valence-corrected chi connectivity index (χ2v) is 3.25. The van der Waals surface area contributed by atoms with Gasteiger partial charge in [0.2, 0.25) is 0 Å². The van der Waals surface area contributed by atoms with Crippen LogP contribution >= 0.6 is 0 Å². The summed E-state index contributed by atoms with van der Waals surface area (Å²) in [7, 11) is 0. The molecule has 1 unspecified atom stereocenters. The summed E-state index contributed by atoms with van der Waals surface area (Å²) >= 11 is 0. The zero-order valence-corrected chi connectivity index (χ0v) is 7.58. The SMILES string of the molecule is CCCC1=CCCC(OC=O)C1. The molecule has 0 heterocycles. The molecule has 68 valence electrons. The Bertz CT molecular complexity index is 173. The van der Waals surface area contributed by atoms with Crippen LogP contribution in [0.25, 0.3) is 0 Å². The minimum absolute atomic E-state index is 0.147. The zero-order valence-electron chi connectivity index (χ0n) is 7.58. The first kappa shape index (κ1) is 9.30. The van der Waals surface area contributed by atoms with Crippen LogP contribution in [-0.4, -0.2) is 12.6 Å². The highest BCUT2D eigenvalue weighted by molar-refractivity contribution is 5.37. The summed E-state index contributed by atoms with van der Waals surface area (Å²) in [4.78, 5) is 10.1. The molecule has 0 fully saturated rings. The minimum Gasteiger partial charge on any atom is -0.464 e. The Morgan fingerprint density at radius 1 is 1.75 bits per heavy atom. The molecule has 0 aliphatic heterocycles. The van der Waals surface area contributed by atoms with E-state index in [1.807, 2.05) is 0 Å². The predicted octanol–water partition coefficient (Wildman–Crippen LogP) is 2.44. The van der Waals surface area contributed by atoms with Gasteiger partial charge in [0.15, 0.2) is 0 Å². The van der Waals surface area contributed by atoms with Crippen LogP contribution in [0, 0.1) is 0 Å². The number of hydrogen-bond donors (Lipinski definition) is 0. The van der Waals surface area contributed by atoms with Crippen LogP contribution in [0.3, 0.4) is 0 Å². The van der Waals surface area contributed by atoms with Crippen molar-refractivity contribution in [2.45, 2.75) is 45.1 Å². The van der Waals surface area contributed by atoms with Gasteiger partial charge in [0.1, 0.15) is 6.10 Å². The molecule has 12 heavy (non-hydrogen) atoms. The number of carbonyl (C=O) groups is 1. The molecular weight excluding hydrogens is 152 g/mol. The lowest BCUT2D eigenvalue weighted by Crippen LogP contribution is -2.15. The topological polar surface area (TPSA) is 26.3 Å². The molecule has 0 radical (unpaired) electrons. The molecule has 2 nitrogen and oxygen atoms in total. The lowest BCUT2D eigenvalue weighted by atomic mass is 9.94. The van der Waals surface area contributed by atoms with Crippen molar-refractivity contribution in [3.8, 4) is 0 Å². The highest BCUT2D eigenvalue weighted by Gasteiger charge is 2.14. The summed E-state index contributed by atoms with van der Waals surface area (Å²) in [6.07, 6.45) is 7.77. The van der Waals surface area contributed by atoms with E-state index in [1.165, 1.54) is 12.0 Å². The van der Waals surface area contributed by atoms with Crippen molar-refractivity contribution in [3.63, 3.8) is 0 Å². The maximum absolute atomic E-state index is 10.1. The normalized spacial score (nSPS) is 23.1. The number of carbonyl (C=O) groups excluding carboxylic acids is 1. The molecule has 0 aromatic rings. The minimum atomic E-state index is 0.147. The zero-order chi connectivity index (χ0) is 8.81. The summed E-state index contributed by atoms with van der Waals surface area (Å²) in [5, 5.41) is 0. The van der Waals surface area contributed by atoms with E-state index in [1.54, 1.807) is 0 Å². The van der Waals surface area contributed by atoms with Crippen LogP contribution in [0.5, 0.6) is 0 Å². The van der Waals surface area contributed by atoms with Crippen molar-refractivity contribution < 1.29 is 9.53 Å². The van der Waals surface area contributed by atoms with Crippen LogP contribution in [0.4, 0.5) is 0 Å². The number of ether oxygens (including phenoxy) is 1. The molecule has 1 rings (SSSR count). The third-order valence-corrected chi connectivity index (χ3v) is 2.23. The summed E-state index contributed by atoms with van der Waals surface area (Å²) in [6.45, 7) is 2.74. The first-order valence-electron chi connectivity index (χ1n) is 4.63. The van der Waals surface area contributed by atoms with Gasteiger partial charge in [0.25, 0.3) is 6.47 Å². The van der Waals surface area contributed by atoms with Crippen molar-refractivity contribution >= 4 is 6.47 Å². The van der Waals surface area contributed by atoms with Crippen LogP contribution in [0.1, 0.15) is 39.0 Å². The van der Waals surface area contributed by atoms with Crippen molar-refractivity contribution in [2.75, 3.05) is 0 Å². The van der Waals surface area contributed by atoms with Crippen LogP contribution in [0.15, 0.2) is 11.6 Å². The Balaban J connectivity index is 2.36. The van der Waals surface area contributed by atoms with Crippen LogP contribution in [-0.2, 0) is 9.53 Å². The molecule has 1 atom stereocenters. The lowest BCUT2D eigenvalue weighted by molar-refractivity contribution is -0.133. The molecule has 0 bridgehead atoms. The van der Waals surface area contributed by atoms with E-state index in [9.17, 15) is 4.79 Å². The fourth-order valence-electron chi connectivity index (χ4n) is 1.67. The van der Waals surface area contributed by atoms with E-state index in [-0.39, 0.29) is 6.10 Å². The van der Waals surface area contributed by atoms with E-state index >= 15 is 0 Å². The fourth-order valence-corrected chi connectivity index (χ4v) is 1.67. The molecule has 0 spiro atoms. The Hall–Kier alpha value is -0.790. The van der Waals surface area contributed by atoms with E-state index in [0.717, 1.165) is 25.7 Å². The number of hydrogen-bond acceptors (Lipinski definition) is 2. The third-order valence-electron chi connectivity index (χ3n) is 2.23. The Morgan fingerprint density at radius 2 is 2.58 bits per heavy atom. The second kappa shape index (κ2) is 4.96. The summed E-state index contributed by atoms with van der Waals surface area (Å²) < 4.78 is 4.94. The molecule has 0 saturated heterocycles. The van der Waals surface area contributed by atoms with Gasteiger partial charge in [-0.05, 0) is 19.3 Å². The second-order valence-electron chi connectivity index (χ2n) is 3.25. The Kier molecular flexibility index (Phi) is 3.85. The van der Waals surface area contributed by atoms with Crippen molar-refractivity contribution in [1.82, 2.24) is 0 Å². The van der Waals surface area contributed by atoms with Gasteiger partial charge in [-0.15, -0.1) is 0 Å². The average molecular weight is 168 g/mol. The molecule has 0 saturated carbocycles. The van der Waals surface area contributed by atoms with E-state index in [0.29, 0.717) is 6.47 Å². The highest BCUT2D eigenvalue weighted by atomic mass is 16.5. The number of rotatable bonds is 4. The van der Waals surface area contributed by atoms with Gasteiger partial charge in [-0.3, -0.25) is 4.79 Å². The maximum atomic E-state index is 10.1. The van der Waals surface area contributed by atoms with Crippen LogP contribution < -0.4 is 0 Å². The molecule has 0 aromatic heterocycles. The first-order chi connectivity index (χ1) is 5.86. The summed E-state index contributed by atoms with van der Waals surface area (Å²) in [6, 6.07) is 0. The molecule has 0 aromatic carbocycles. The van der Waals surface area contributed by atoms with Gasteiger partial charge in [-0.25, -0.2) is 0 Å². The van der Waals surface area contributed by atoms with Crippen molar-refractivity contribution in [1.29, 1.82) is 0 Å². The summed E-state index contributed by atoms with van der Waals surface area (Å²) in [5.74, 6) is 0. The summed E-state index contributed by atoms with van der Waals surface area (Å²) in [5.41, 5.74) is 1.45. The molecule has 0 N–H and O–H groups in total. The largest absolute Gasteiger partial charge is 0.464 e. The molecule has 1 aliphatic rings. The monoisotopic (exact) mass is 168 g/mol. The van der Waals surface area contributed by atoms with Crippen molar-refractivity contribution in [2.24, 2.45) is 0 Å². The van der Waals surface area contributed by atoms with E-state index in [2.05, 4.69) is 13.0 Å². The van der Waals surface area contributed by atoms with Gasteiger partial charge in [-0.1, -0.05) is 25.0 Å². The average Bonchev–Trinajstić information content (AvgIpc) is 2.06. The molecule has 1 aliphatic carbocycles. The smallest absolute Gasteiger partial charge is 0.293 e. The fraction of sp³-hybridized carbons (Fsp3) is 0.700. The van der Waals surface area contributed by atoms with E-state index < -0.39 is 0 Å². The Labute approximate surface area is 73.6 Å². The van der Waals surface area contributed by atoms with Gasteiger partial charge >= 0.3 is 0 Å². The lowest BCUT2D eigenvalue weighted by Gasteiger charge is -2.20. The Morgan fingerprint density at radius 3 is 3.25 bits per heavy atom. The maximum Gasteiger partial charge on any atom is 0.293 e. The highest BCUT2D eigenvalue weighted by Crippen LogP contribution is 2.23.